The summed E-state index contributed by atoms with van der Waals surface area (Å²) in [5.41, 5.74) is 2.52. The number of ketones is 1. The Morgan fingerprint density at radius 3 is 2.50 bits per heavy atom. The summed E-state index contributed by atoms with van der Waals surface area (Å²) in [5, 5.41) is 18.8. The molecule has 1 atom stereocenters. The smallest absolute Gasteiger partial charge is 0.253 e. The quantitative estimate of drug-likeness (QED) is 0.859. The molecule has 0 saturated carbocycles. The molecule has 0 spiro atoms. The Labute approximate surface area is 152 Å². The van der Waals surface area contributed by atoms with Crippen molar-refractivity contribution in [3.05, 3.63) is 53.6 Å². The lowest BCUT2D eigenvalue weighted by atomic mass is 9.97. The highest BCUT2D eigenvalue weighted by molar-refractivity contribution is 5.98. The predicted molar refractivity (Wildman–Crippen MR) is 97.8 cm³/mol. The molecule has 2 aromatic rings. The lowest BCUT2D eigenvalue weighted by Gasteiger charge is -2.29. The Bertz CT molecular complexity index is 881. The number of benzene rings is 2. The summed E-state index contributed by atoms with van der Waals surface area (Å²) in [6.45, 7) is 2.57. The molecule has 26 heavy (non-hydrogen) atoms. The molecular weight excluding hydrogens is 328 g/mol. The third-order valence-corrected chi connectivity index (χ3v) is 4.73. The van der Waals surface area contributed by atoms with Gasteiger partial charge in [0, 0.05) is 18.7 Å². The van der Waals surface area contributed by atoms with Crippen molar-refractivity contribution in [2.45, 2.75) is 19.8 Å². The normalized spacial score (nSPS) is 16.8. The van der Waals surface area contributed by atoms with Crippen molar-refractivity contribution in [1.29, 1.82) is 5.26 Å². The summed E-state index contributed by atoms with van der Waals surface area (Å²) >= 11 is 0. The Balaban J connectivity index is 1.81. The molecule has 5 nitrogen and oxygen atoms in total. The zero-order chi connectivity index (χ0) is 18.7. The van der Waals surface area contributed by atoms with Gasteiger partial charge in [-0.1, -0.05) is 18.2 Å². The van der Waals surface area contributed by atoms with Crippen LogP contribution in [0, 0.1) is 17.2 Å². The summed E-state index contributed by atoms with van der Waals surface area (Å²) in [6.07, 6.45) is 1.70. The SMILES string of the molecule is CC(=O)c1cc(-c2ccc(C(=O)N3CCC[C@@H](C#N)C3)cc2)ccc1O. The van der Waals surface area contributed by atoms with Crippen molar-refractivity contribution in [2.75, 3.05) is 13.1 Å². The average Bonchev–Trinajstić information content (AvgIpc) is 2.67. The molecule has 1 amide bonds. The molecule has 5 heteroatoms. The molecule has 1 fully saturated rings. The highest BCUT2D eigenvalue weighted by Crippen LogP contribution is 2.27. The molecule has 1 aliphatic heterocycles. The number of carbonyl (C=O) groups excluding carboxylic acids is 2. The van der Waals surface area contributed by atoms with Gasteiger partial charge in [0.15, 0.2) is 5.78 Å². The van der Waals surface area contributed by atoms with Gasteiger partial charge in [-0.3, -0.25) is 9.59 Å². The number of phenols is 1. The Morgan fingerprint density at radius 1 is 1.15 bits per heavy atom. The van der Waals surface area contributed by atoms with Crippen LogP contribution in [0.4, 0.5) is 0 Å². The third kappa shape index (κ3) is 3.60. The first-order valence-corrected chi connectivity index (χ1v) is 8.63. The van der Waals surface area contributed by atoms with Crippen LogP contribution in [-0.4, -0.2) is 34.8 Å². The molecule has 1 N–H and O–H groups in total. The minimum Gasteiger partial charge on any atom is -0.507 e. The van der Waals surface area contributed by atoms with Crippen molar-refractivity contribution in [3.63, 3.8) is 0 Å². The van der Waals surface area contributed by atoms with Crippen LogP contribution >= 0.6 is 0 Å². The van der Waals surface area contributed by atoms with Crippen molar-refractivity contribution >= 4 is 11.7 Å². The van der Waals surface area contributed by atoms with E-state index in [4.69, 9.17) is 5.26 Å². The fourth-order valence-corrected chi connectivity index (χ4v) is 3.25. The number of hydrogen-bond acceptors (Lipinski definition) is 4. The van der Waals surface area contributed by atoms with E-state index in [2.05, 4.69) is 6.07 Å². The molecule has 3 rings (SSSR count). The van der Waals surface area contributed by atoms with Gasteiger partial charge in [0.1, 0.15) is 5.75 Å². The second-order valence-corrected chi connectivity index (χ2v) is 6.58. The first-order valence-electron chi connectivity index (χ1n) is 8.63. The van der Waals surface area contributed by atoms with Crippen LogP contribution in [0.5, 0.6) is 5.75 Å². The molecule has 1 aliphatic rings. The molecule has 0 aliphatic carbocycles. The van der Waals surface area contributed by atoms with Gasteiger partial charge in [-0.15, -0.1) is 0 Å². The number of likely N-dealkylation sites (tertiary alicyclic amines) is 1. The van der Waals surface area contributed by atoms with Gasteiger partial charge in [-0.05, 0) is 55.2 Å². The van der Waals surface area contributed by atoms with Crippen molar-refractivity contribution in [2.24, 2.45) is 5.92 Å². The van der Waals surface area contributed by atoms with Gasteiger partial charge in [0.2, 0.25) is 0 Å². The van der Waals surface area contributed by atoms with Crippen molar-refractivity contribution in [1.82, 2.24) is 4.90 Å². The van der Waals surface area contributed by atoms with Gasteiger partial charge in [0.25, 0.3) is 5.91 Å². The van der Waals surface area contributed by atoms with Crippen LogP contribution in [0.3, 0.4) is 0 Å². The van der Waals surface area contributed by atoms with E-state index in [0.29, 0.717) is 18.7 Å². The zero-order valence-electron chi connectivity index (χ0n) is 14.6. The van der Waals surface area contributed by atoms with E-state index in [0.717, 1.165) is 24.0 Å². The fourth-order valence-electron chi connectivity index (χ4n) is 3.25. The highest BCUT2D eigenvalue weighted by atomic mass is 16.3. The largest absolute Gasteiger partial charge is 0.507 e. The number of amides is 1. The van der Waals surface area contributed by atoms with Gasteiger partial charge >= 0.3 is 0 Å². The monoisotopic (exact) mass is 348 g/mol. The predicted octanol–water partition coefficient (Wildman–Crippen LogP) is 3.64. The molecule has 132 valence electrons. The lowest BCUT2D eigenvalue weighted by Crippen LogP contribution is -2.39. The van der Waals surface area contributed by atoms with Crippen molar-refractivity contribution < 1.29 is 14.7 Å². The first kappa shape index (κ1) is 17.7. The molecule has 0 bridgehead atoms. The zero-order valence-corrected chi connectivity index (χ0v) is 14.6. The standard InChI is InChI=1S/C21H20N2O3/c1-14(24)19-11-18(8-9-20(19)25)16-4-6-17(7-5-16)21(26)23-10-2-3-15(12-22)13-23/h4-9,11,15,25H,2-3,10,13H2,1H3/t15-/m0/s1. The first-order chi connectivity index (χ1) is 12.5. The van der Waals surface area contributed by atoms with Crippen LogP contribution in [0.25, 0.3) is 11.1 Å². The number of phenolic OH excluding ortho intramolecular Hbond substituents is 1. The molecule has 0 radical (unpaired) electrons. The number of aromatic hydroxyl groups is 1. The van der Waals surface area contributed by atoms with Gasteiger partial charge in [-0.2, -0.15) is 5.26 Å². The molecule has 0 unspecified atom stereocenters. The number of carbonyl (C=O) groups is 2. The van der Waals surface area contributed by atoms with Crippen LogP contribution in [0.2, 0.25) is 0 Å². The number of nitrogens with zero attached hydrogens (tertiary/aromatic N) is 2. The summed E-state index contributed by atoms with van der Waals surface area (Å²) < 4.78 is 0. The maximum atomic E-state index is 12.6. The van der Waals surface area contributed by atoms with Crippen LogP contribution in [0.1, 0.15) is 40.5 Å². The third-order valence-electron chi connectivity index (χ3n) is 4.73. The van der Waals surface area contributed by atoms with E-state index < -0.39 is 0 Å². The highest BCUT2D eigenvalue weighted by Gasteiger charge is 2.24. The van der Waals surface area contributed by atoms with Crippen molar-refractivity contribution in [3.8, 4) is 22.9 Å². The molecular formula is C21H20N2O3. The van der Waals surface area contributed by atoms with E-state index in [1.54, 1.807) is 29.2 Å². The topological polar surface area (TPSA) is 81.4 Å². The summed E-state index contributed by atoms with van der Waals surface area (Å²) in [5.74, 6) is -0.390. The average molecular weight is 348 g/mol. The molecule has 1 saturated heterocycles. The number of Topliss-reactive ketones (excluding diaryl/α,β-unsaturated/α-hetero) is 1. The number of hydrogen-bond donors (Lipinski definition) is 1. The van der Waals surface area contributed by atoms with Crippen LogP contribution in [0.15, 0.2) is 42.5 Å². The lowest BCUT2D eigenvalue weighted by molar-refractivity contribution is 0.0698. The molecule has 2 aromatic carbocycles. The summed E-state index contributed by atoms with van der Waals surface area (Å²) in [6, 6.07) is 14.3. The van der Waals surface area contributed by atoms with E-state index in [-0.39, 0.29) is 28.9 Å². The Hall–Kier alpha value is -3.13. The molecule has 1 heterocycles. The Kier molecular flexibility index (Phi) is 5.04. The van der Waals surface area contributed by atoms with Gasteiger partial charge in [0.05, 0.1) is 17.6 Å². The minimum atomic E-state index is -0.201. The second kappa shape index (κ2) is 7.40. The van der Waals surface area contributed by atoms with E-state index in [1.165, 1.54) is 13.0 Å². The fraction of sp³-hybridized carbons (Fsp3) is 0.286. The van der Waals surface area contributed by atoms with Gasteiger partial charge in [-0.25, -0.2) is 0 Å². The maximum Gasteiger partial charge on any atom is 0.253 e. The minimum absolute atomic E-state index is 0.0369. The van der Waals surface area contributed by atoms with Gasteiger partial charge < -0.3 is 10.0 Å². The number of piperidine rings is 1. The van der Waals surface area contributed by atoms with Crippen LogP contribution in [-0.2, 0) is 0 Å². The van der Waals surface area contributed by atoms with Crippen LogP contribution < -0.4 is 0 Å². The van der Waals surface area contributed by atoms with E-state index in [9.17, 15) is 14.7 Å². The molecule has 0 aromatic heterocycles. The maximum absolute atomic E-state index is 12.6. The number of rotatable bonds is 3. The number of nitriles is 1. The summed E-state index contributed by atoms with van der Waals surface area (Å²) in [7, 11) is 0. The summed E-state index contributed by atoms with van der Waals surface area (Å²) in [4.78, 5) is 26.0. The second-order valence-electron chi connectivity index (χ2n) is 6.58. The Morgan fingerprint density at radius 2 is 1.85 bits per heavy atom. The van der Waals surface area contributed by atoms with E-state index in [1.807, 2.05) is 12.1 Å². The van der Waals surface area contributed by atoms with E-state index >= 15 is 0 Å².